The number of hydrogen-bond donors (Lipinski definition) is 1. The average molecular weight is 280 g/mol. The predicted molar refractivity (Wildman–Crippen MR) is 71.5 cm³/mol. The predicted octanol–water partition coefficient (Wildman–Crippen LogP) is 1.68. The molecule has 1 heterocycles. The summed E-state index contributed by atoms with van der Waals surface area (Å²) < 4.78 is 10.3. The highest BCUT2D eigenvalue weighted by atomic mass is 16.6. The number of ether oxygens (including phenoxy) is 2. The van der Waals surface area contributed by atoms with Gasteiger partial charge in [0.15, 0.2) is 0 Å². The second kappa shape index (κ2) is 5.87. The van der Waals surface area contributed by atoms with E-state index in [4.69, 9.17) is 15.2 Å². The fourth-order valence-corrected chi connectivity index (χ4v) is 2.08. The van der Waals surface area contributed by atoms with Crippen LogP contribution in [0.2, 0.25) is 0 Å². The number of nitrogens with two attached hydrogens (primary N) is 1. The van der Waals surface area contributed by atoms with Crippen LogP contribution in [0.3, 0.4) is 0 Å². The zero-order chi connectivity index (χ0) is 14.7. The molecule has 7 heteroatoms. The number of nitro groups is 1. The van der Waals surface area contributed by atoms with Crippen molar-refractivity contribution in [2.75, 3.05) is 25.6 Å². The lowest BCUT2D eigenvalue weighted by molar-refractivity contribution is -0.384. The molecule has 0 radical (unpaired) electrons. The summed E-state index contributed by atoms with van der Waals surface area (Å²) in [6.07, 6.45) is 0.844. The van der Waals surface area contributed by atoms with Crippen LogP contribution in [0.5, 0.6) is 0 Å². The standard InChI is InChI=1S/C13H16N2O5/c1-8-4-10(12(14)11(5-8)15(17)18)13(16)20-7-9-2-3-19-6-9/h4-5,9H,2-3,6-7,14H2,1H3. The van der Waals surface area contributed by atoms with Gasteiger partial charge in [-0.3, -0.25) is 10.1 Å². The Labute approximate surface area is 115 Å². The van der Waals surface area contributed by atoms with Crippen LogP contribution < -0.4 is 5.73 Å². The SMILES string of the molecule is Cc1cc(C(=O)OCC2CCOC2)c(N)c([N+](=O)[O-])c1. The lowest BCUT2D eigenvalue weighted by Gasteiger charge is -2.11. The molecule has 1 unspecified atom stereocenters. The first-order valence-electron chi connectivity index (χ1n) is 6.28. The summed E-state index contributed by atoms with van der Waals surface area (Å²) in [5, 5.41) is 10.9. The fraction of sp³-hybridized carbons (Fsp3) is 0.462. The molecule has 1 aromatic carbocycles. The van der Waals surface area contributed by atoms with Crippen LogP contribution in [0.15, 0.2) is 12.1 Å². The van der Waals surface area contributed by atoms with Crippen LogP contribution in [0, 0.1) is 23.0 Å². The molecule has 1 atom stereocenters. The summed E-state index contributed by atoms with van der Waals surface area (Å²) in [4.78, 5) is 22.2. The van der Waals surface area contributed by atoms with Gasteiger partial charge in [-0.15, -0.1) is 0 Å². The highest BCUT2D eigenvalue weighted by Gasteiger charge is 2.23. The largest absolute Gasteiger partial charge is 0.462 e. The van der Waals surface area contributed by atoms with Crippen LogP contribution >= 0.6 is 0 Å². The highest BCUT2D eigenvalue weighted by molar-refractivity contribution is 5.97. The maximum Gasteiger partial charge on any atom is 0.340 e. The molecule has 1 aliphatic heterocycles. The van der Waals surface area contributed by atoms with E-state index in [-0.39, 0.29) is 29.5 Å². The van der Waals surface area contributed by atoms with E-state index >= 15 is 0 Å². The lowest BCUT2D eigenvalue weighted by atomic mass is 10.1. The molecule has 0 aliphatic carbocycles. The molecule has 108 valence electrons. The summed E-state index contributed by atoms with van der Waals surface area (Å²) in [7, 11) is 0. The zero-order valence-corrected chi connectivity index (χ0v) is 11.1. The van der Waals surface area contributed by atoms with E-state index in [0.717, 1.165) is 6.42 Å². The van der Waals surface area contributed by atoms with Crippen molar-refractivity contribution in [3.63, 3.8) is 0 Å². The second-order valence-corrected chi connectivity index (χ2v) is 4.83. The van der Waals surface area contributed by atoms with Crippen molar-refractivity contribution in [3.8, 4) is 0 Å². The third-order valence-electron chi connectivity index (χ3n) is 3.19. The summed E-state index contributed by atoms with van der Waals surface area (Å²) in [5.41, 5.74) is 5.86. The first kappa shape index (κ1) is 14.3. The topological polar surface area (TPSA) is 105 Å². The molecule has 0 aromatic heterocycles. The van der Waals surface area contributed by atoms with Gasteiger partial charge < -0.3 is 15.2 Å². The minimum absolute atomic E-state index is 0.0376. The van der Waals surface area contributed by atoms with Crippen molar-refractivity contribution in [1.29, 1.82) is 0 Å². The molecule has 2 rings (SSSR count). The molecule has 1 saturated heterocycles. The molecule has 0 saturated carbocycles. The Morgan fingerprint density at radius 3 is 2.95 bits per heavy atom. The van der Waals surface area contributed by atoms with E-state index < -0.39 is 10.9 Å². The van der Waals surface area contributed by atoms with Crippen molar-refractivity contribution in [1.82, 2.24) is 0 Å². The molecule has 1 aromatic rings. The van der Waals surface area contributed by atoms with Crippen LogP contribution in [-0.4, -0.2) is 30.7 Å². The van der Waals surface area contributed by atoms with Gasteiger partial charge in [-0.2, -0.15) is 0 Å². The summed E-state index contributed by atoms with van der Waals surface area (Å²) in [6.45, 7) is 3.13. The number of nitrogens with zero attached hydrogens (tertiary/aromatic N) is 1. The molecule has 1 fully saturated rings. The Morgan fingerprint density at radius 2 is 2.35 bits per heavy atom. The quantitative estimate of drug-likeness (QED) is 0.389. The van der Waals surface area contributed by atoms with Gasteiger partial charge in [0.05, 0.1) is 23.7 Å². The molecule has 2 N–H and O–H groups in total. The van der Waals surface area contributed by atoms with E-state index in [1.54, 1.807) is 6.92 Å². The molecular formula is C13H16N2O5. The molecule has 0 bridgehead atoms. The van der Waals surface area contributed by atoms with Crippen molar-refractivity contribution in [2.24, 2.45) is 5.92 Å². The third kappa shape index (κ3) is 3.05. The molecule has 7 nitrogen and oxygen atoms in total. The van der Waals surface area contributed by atoms with Crippen LogP contribution in [0.4, 0.5) is 11.4 Å². The maximum absolute atomic E-state index is 12.0. The van der Waals surface area contributed by atoms with E-state index in [1.165, 1.54) is 12.1 Å². The summed E-state index contributed by atoms with van der Waals surface area (Å²) >= 11 is 0. The van der Waals surface area contributed by atoms with Crippen LogP contribution in [0.1, 0.15) is 22.3 Å². The van der Waals surface area contributed by atoms with E-state index in [0.29, 0.717) is 18.8 Å². The van der Waals surface area contributed by atoms with Gasteiger partial charge in [0.2, 0.25) is 0 Å². The number of carbonyl (C=O) groups is 1. The number of hydrogen-bond acceptors (Lipinski definition) is 6. The molecule has 20 heavy (non-hydrogen) atoms. The molecular weight excluding hydrogens is 264 g/mol. The smallest absolute Gasteiger partial charge is 0.340 e. The van der Waals surface area contributed by atoms with Crippen molar-refractivity contribution >= 4 is 17.3 Å². The third-order valence-corrected chi connectivity index (χ3v) is 3.19. The van der Waals surface area contributed by atoms with Gasteiger partial charge in [-0.1, -0.05) is 0 Å². The first-order chi connectivity index (χ1) is 9.49. The van der Waals surface area contributed by atoms with Gasteiger partial charge in [-0.25, -0.2) is 4.79 Å². The van der Waals surface area contributed by atoms with Gasteiger partial charge >= 0.3 is 5.97 Å². The Morgan fingerprint density at radius 1 is 1.60 bits per heavy atom. The van der Waals surface area contributed by atoms with E-state index in [2.05, 4.69) is 0 Å². The van der Waals surface area contributed by atoms with Crippen molar-refractivity contribution in [2.45, 2.75) is 13.3 Å². The number of anilines is 1. The second-order valence-electron chi connectivity index (χ2n) is 4.83. The summed E-state index contributed by atoms with van der Waals surface area (Å²) in [6, 6.07) is 2.83. The van der Waals surface area contributed by atoms with E-state index in [1.807, 2.05) is 0 Å². The minimum atomic E-state index is -0.638. The van der Waals surface area contributed by atoms with Gasteiger partial charge in [-0.05, 0) is 25.0 Å². The number of rotatable bonds is 4. The monoisotopic (exact) mass is 280 g/mol. The van der Waals surface area contributed by atoms with E-state index in [9.17, 15) is 14.9 Å². The normalized spacial score (nSPS) is 17.9. The highest BCUT2D eigenvalue weighted by Crippen LogP contribution is 2.27. The lowest BCUT2D eigenvalue weighted by Crippen LogP contribution is -2.16. The first-order valence-corrected chi connectivity index (χ1v) is 6.28. The molecule has 1 aliphatic rings. The van der Waals surface area contributed by atoms with Gasteiger partial charge in [0, 0.05) is 18.6 Å². The number of esters is 1. The number of benzene rings is 1. The molecule has 0 spiro atoms. The average Bonchev–Trinajstić information content (AvgIpc) is 2.91. The maximum atomic E-state index is 12.0. The molecule has 0 amide bonds. The number of nitrogen functional groups attached to an aromatic ring is 1. The van der Waals surface area contributed by atoms with Crippen LogP contribution in [0.25, 0.3) is 0 Å². The van der Waals surface area contributed by atoms with Gasteiger partial charge in [0.1, 0.15) is 5.69 Å². The Hall–Kier alpha value is -2.15. The Kier molecular flexibility index (Phi) is 4.19. The fourth-order valence-electron chi connectivity index (χ4n) is 2.08. The Bertz CT molecular complexity index is 538. The minimum Gasteiger partial charge on any atom is -0.462 e. The van der Waals surface area contributed by atoms with Crippen LogP contribution in [-0.2, 0) is 9.47 Å². The zero-order valence-electron chi connectivity index (χ0n) is 11.1. The van der Waals surface area contributed by atoms with Crippen molar-refractivity contribution in [3.05, 3.63) is 33.4 Å². The number of nitro benzene ring substituents is 1. The Balaban J connectivity index is 2.14. The number of aryl methyl sites for hydroxylation is 1. The summed E-state index contributed by atoms with van der Waals surface area (Å²) in [5.74, 6) is -0.457. The van der Waals surface area contributed by atoms with Crippen molar-refractivity contribution < 1.29 is 19.2 Å². The van der Waals surface area contributed by atoms with Gasteiger partial charge in [0.25, 0.3) is 5.69 Å². The number of carbonyl (C=O) groups excluding carboxylic acids is 1.